The van der Waals surface area contributed by atoms with Gasteiger partial charge >= 0.3 is 0 Å². The molecular formula is C13H24N2O. The molecule has 3 aliphatic rings. The molecule has 3 saturated heterocycles. The Hall–Kier alpha value is -0.120. The number of nitrogens with one attached hydrogen (secondary N) is 1. The standard InChI is InChI=1S/C13H24N2O/c1-12(2)5-11(3-4-16-12)6-15-9-13(10-15)7-14-8-13/h11,14H,3-10H2,1-2H3. The lowest BCUT2D eigenvalue weighted by molar-refractivity contribution is -0.0963. The Labute approximate surface area is 98.5 Å². The molecule has 0 saturated carbocycles. The summed E-state index contributed by atoms with van der Waals surface area (Å²) in [5, 5.41) is 3.39. The largest absolute Gasteiger partial charge is 0.376 e. The van der Waals surface area contributed by atoms with Crippen molar-refractivity contribution < 1.29 is 4.74 Å². The van der Waals surface area contributed by atoms with Crippen molar-refractivity contribution in [3.05, 3.63) is 0 Å². The normalized spacial score (nSPS) is 36.8. The molecule has 16 heavy (non-hydrogen) atoms. The number of likely N-dealkylation sites (tertiary alicyclic amines) is 1. The Morgan fingerprint density at radius 3 is 2.62 bits per heavy atom. The molecule has 0 bridgehead atoms. The smallest absolute Gasteiger partial charge is 0.0629 e. The topological polar surface area (TPSA) is 24.5 Å². The minimum absolute atomic E-state index is 0.115. The maximum atomic E-state index is 5.77. The van der Waals surface area contributed by atoms with Crippen LogP contribution in [0.2, 0.25) is 0 Å². The second-order valence-corrected chi connectivity index (χ2v) is 6.74. The van der Waals surface area contributed by atoms with Crippen LogP contribution in [0, 0.1) is 11.3 Å². The molecule has 3 rings (SSSR count). The third kappa shape index (κ3) is 2.01. The second-order valence-electron chi connectivity index (χ2n) is 6.74. The molecule has 0 aliphatic carbocycles. The fraction of sp³-hybridized carbons (Fsp3) is 1.00. The first-order chi connectivity index (χ1) is 7.57. The lowest BCUT2D eigenvalue weighted by atomic mass is 9.73. The quantitative estimate of drug-likeness (QED) is 0.760. The van der Waals surface area contributed by atoms with Crippen LogP contribution in [-0.2, 0) is 4.74 Å². The average molecular weight is 224 g/mol. The van der Waals surface area contributed by atoms with E-state index in [1.54, 1.807) is 0 Å². The van der Waals surface area contributed by atoms with Crippen molar-refractivity contribution in [2.75, 3.05) is 39.3 Å². The summed E-state index contributed by atoms with van der Waals surface area (Å²) < 4.78 is 5.77. The van der Waals surface area contributed by atoms with Crippen molar-refractivity contribution >= 4 is 0 Å². The van der Waals surface area contributed by atoms with Crippen LogP contribution in [0.5, 0.6) is 0 Å². The zero-order valence-corrected chi connectivity index (χ0v) is 10.6. The highest BCUT2D eigenvalue weighted by Gasteiger charge is 2.47. The molecule has 3 heteroatoms. The highest BCUT2D eigenvalue weighted by molar-refractivity contribution is 5.04. The zero-order chi connectivity index (χ0) is 11.2. The van der Waals surface area contributed by atoms with Gasteiger partial charge in [0, 0.05) is 44.7 Å². The predicted octanol–water partition coefficient (Wildman–Crippen LogP) is 1.10. The Kier molecular flexibility index (Phi) is 2.54. The molecule has 0 aromatic rings. The molecule has 0 radical (unpaired) electrons. The fourth-order valence-corrected chi connectivity index (χ4v) is 3.61. The monoisotopic (exact) mass is 224 g/mol. The van der Waals surface area contributed by atoms with E-state index < -0.39 is 0 Å². The van der Waals surface area contributed by atoms with E-state index in [4.69, 9.17) is 4.74 Å². The number of hydrogen-bond donors (Lipinski definition) is 1. The van der Waals surface area contributed by atoms with Crippen LogP contribution in [0.15, 0.2) is 0 Å². The van der Waals surface area contributed by atoms with Gasteiger partial charge in [0.05, 0.1) is 5.60 Å². The van der Waals surface area contributed by atoms with Crippen molar-refractivity contribution in [3.63, 3.8) is 0 Å². The summed E-state index contributed by atoms with van der Waals surface area (Å²) in [5.41, 5.74) is 0.796. The van der Waals surface area contributed by atoms with Gasteiger partial charge in [0.15, 0.2) is 0 Å². The van der Waals surface area contributed by atoms with Gasteiger partial charge in [-0.3, -0.25) is 0 Å². The van der Waals surface area contributed by atoms with Crippen molar-refractivity contribution in [2.45, 2.75) is 32.3 Å². The van der Waals surface area contributed by atoms with Crippen LogP contribution < -0.4 is 5.32 Å². The van der Waals surface area contributed by atoms with Gasteiger partial charge in [-0.2, -0.15) is 0 Å². The summed E-state index contributed by atoms with van der Waals surface area (Å²) in [5.74, 6) is 0.856. The van der Waals surface area contributed by atoms with Crippen LogP contribution in [0.3, 0.4) is 0 Å². The van der Waals surface area contributed by atoms with Crippen molar-refractivity contribution in [1.82, 2.24) is 10.2 Å². The predicted molar refractivity (Wildman–Crippen MR) is 64.5 cm³/mol. The number of rotatable bonds is 2. The van der Waals surface area contributed by atoms with Crippen molar-refractivity contribution in [2.24, 2.45) is 11.3 Å². The molecule has 3 fully saturated rings. The summed E-state index contributed by atoms with van der Waals surface area (Å²) in [6.45, 7) is 11.9. The van der Waals surface area contributed by atoms with Crippen LogP contribution >= 0.6 is 0 Å². The molecule has 3 heterocycles. The van der Waals surface area contributed by atoms with Gasteiger partial charge in [0.2, 0.25) is 0 Å². The molecule has 92 valence electrons. The van der Waals surface area contributed by atoms with E-state index in [1.165, 1.54) is 45.6 Å². The molecule has 0 aromatic carbocycles. The van der Waals surface area contributed by atoms with Crippen LogP contribution in [0.1, 0.15) is 26.7 Å². The molecule has 1 unspecified atom stereocenters. The lowest BCUT2D eigenvalue weighted by Crippen LogP contribution is -2.71. The van der Waals surface area contributed by atoms with Gasteiger partial charge < -0.3 is 15.0 Å². The molecule has 0 aromatic heterocycles. The van der Waals surface area contributed by atoms with Crippen LogP contribution in [-0.4, -0.2) is 49.8 Å². The Morgan fingerprint density at radius 1 is 1.31 bits per heavy atom. The van der Waals surface area contributed by atoms with E-state index in [9.17, 15) is 0 Å². The highest BCUT2D eigenvalue weighted by atomic mass is 16.5. The highest BCUT2D eigenvalue weighted by Crippen LogP contribution is 2.36. The fourth-order valence-electron chi connectivity index (χ4n) is 3.61. The summed E-state index contributed by atoms with van der Waals surface area (Å²) >= 11 is 0. The SMILES string of the molecule is CC1(C)CC(CN2CC3(CNC3)C2)CCO1. The molecule has 1 spiro atoms. The third-order valence-corrected chi connectivity index (χ3v) is 4.43. The van der Waals surface area contributed by atoms with E-state index in [1.807, 2.05) is 0 Å². The number of hydrogen-bond acceptors (Lipinski definition) is 3. The second kappa shape index (κ2) is 3.69. The van der Waals surface area contributed by atoms with Gasteiger partial charge in [-0.1, -0.05) is 0 Å². The van der Waals surface area contributed by atoms with Crippen molar-refractivity contribution in [1.29, 1.82) is 0 Å². The Bertz CT molecular complexity index is 265. The first-order valence-electron chi connectivity index (χ1n) is 6.64. The zero-order valence-electron chi connectivity index (χ0n) is 10.6. The molecule has 3 aliphatic heterocycles. The maximum Gasteiger partial charge on any atom is 0.0629 e. The summed E-state index contributed by atoms with van der Waals surface area (Å²) in [6, 6.07) is 0. The van der Waals surface area contributed by atoms with Gasteiger partial charge in [-0.15, -0.1) is 0 Å². The molecule has 3 nitrogen and oxygen atoms in total. The molecule has 1 atom stereocenters. The van der Waals surface area contributed by atoms with E-state index in [0.717, 1.165) is 12.5 Å². The van der Waals surface area contributed by atoms with Crippen molar-refractivity contribution in [3.8, 4) is 0 Å². The van der Waals surface area contributed by atoms with E-state index in [0.29, 0.717) is 5.41 Å². The Balaban J connectivity index is 1.45. The van der Waals surface area contributed by atoms with E-state index >= 15 is 0 Å². The minimum Gasteiger partial charge on any atom is -0.376 e. The lowest BCUT2D eigenvalue weighted by Gasteiger charge is -2.57. The van der Waals surface area contributed by atoms with Gasteiger partial charge in [-0.25, -0.2) is 0 Å². The van der Waals surface area contributed by atoms with Crippen LogP contribution in [0.4, 0.5) is 0 Å². The summed E-state index contributed by atoms with van der Waals surface area (Å²) in [6.07, 6.45) is 2.49. The first-order valence-corrected chi connectivity index (χ1v) is 6.64. The van der Waals surface area contributed by atoms with Gasteiger partial charge in [0.1, 0.15) is 0 Å². The molecular weight excluding hydrogens is 200 g/mol. The number of nitrogens with zero attached hydrogens (tertiary/aromatic N) is 1. The number of ether oxygens (including phenoxy) is 1. The summed E-state index contributed by atoms with van der Waals surface area (Å²) in [7, 11) is 0. The average Bonchev–Trinajstić information content (AvgIpc) is 2.05. The van der Waals surface area contributed by atoms with E-state index in [2.05, 4.69) is 24.1 Å². The van der Waals surface area contributed by atoms with Crippen LogP contribution in [0.25, 0.3) is 0 Å². The van der Waals surface area contributed by atoms with Gasteiger partial charge in [-0.05, 0) is 32.6 Å². The molecule has 0 amide bonds. The molecule has 1 N–H and O–H groups in total. The van der Waals surface area contributed by atoms with Gasteiger partial charge in [0.25, 0.3) is 0 Å². The summed E-state index contributed by atoms with van der Waals surface area (Å²) in [4.78, 5) is 2.65. The third-order valence-electron chi connectivity index (χ3n) is 4.43. The van der Waals surface area contributed by atoms with E-state index in [-0.39, 0.29) is 5.60 Å². The maximum absolute atomic E-state index is 5.77. The first kappa shape index (κ1) is 11.0. The minimum atomic E-state index is 0.115. The Morgan fingerprint density at radius 2 is 2.06 bits per heavy atom.